The summed E-state index contributed by atoms with van der Waals surface area (Å²) in [6.45, 7) is 3.80. The number of amides is 2. The van der Waals surface area contributed by atoms with Crippen molar-refractivity contribution < 1.29 is 9.59 Å². The molecule has 6 heteroatoms. The van der Waals surface area contributed by atoms with Gasteiger partial charge in [0.05, 0.1) is 5.41 Å². The standard InChI is InChI=1S/C20H29N3O2.ClH/c1-20(19(25)22-17-10-5-9-16(17)13-21)11-6-12-23(14-20)18(24)15-7-3-2-4-8-15;/h2-4,7-8,16-17H,5-6,9-14,21H2,1H3,(H,22,25);1H. The van der Waals surface area contributed by atoms with E-state index in [1.54, 1.807) is 0 Å². The number of likely N-dealkylation sites (tertiary alicyclic amines) is 1. The molecule has 5 nitrogen and oxygen atoms in total. The zero-order valence-electron chi connectivity index (χ0n) is 15.4. The molecule has 3 unspecified atom stereocenters. The number of benzene rings is 1. The summed E-state index contributed by atoms with van der Waals surface area (Å²) in [4.78, 5) is 27.5. The lowest BCUT2D eigenvalue weighted by atomic mass is 9.80. The summed E-state index contributed by atoms with van der Waals surface area (Å²) in [5.74, 6) is 0.474. The number of hydrogen-bond acceptors (Lipinski definition) is 3. The van der Waals surface area contributed by atoms with Gasteiger partial charge in [-0.15, -0.1) is 12.4 Å². The summed E-state index contributed by atoms with van der Waals surface area (Å²) in [5, 5.41) is 3.23. The third-order valence-electron chi connectivity index (χ3n) is 5.83. The third kappa shape index (κ3) is 4.38. The maximum absolute atomic E-state index is 13.0. The minimum atomic E-state index is -0.523. The lowest BCUT2D eigenvalue weighted by Gasteiger charge is -2.40. The van der Waals surface area contributed by atoms with Gasteiger partial charge in [-0.2, -0.15) is 0 Å². The van der Waals surface area contributed by atoms with Crippen LogP contribution in [0, 0.1) is 11.3 Å². The van der Waals surface area contributed by atoms with Gasteiger partial charge in [0.15, 0.2) is 0 Å². The van der Waals surface area contributed by atoms with Gasteiger partial charge in [-0.1, -0.05) is 24.6 Å². The number of nitrogens with two attached hydrogens (primary N) is 1. The van der Waals surface area contributed by atoms with Gasteiger partial charge < -0.3 is 16.0 Å². The highest BCUT2D eigenvalue weighted by atomic mass is 35.5. The molecule has 1 saturated carbocycles. The SMILES string of the molecule is CC1(C(=O)NC2CCCC2CN)CCCN(C(=O)c2ccccc2)C1.Cl. The lowest BCUT2D eigenvalue weighted by molar-refractivity contribution is -0.133. The van der Waals surface area contributed by atoms with Crippen molar-refractivity contribution in [2.75, 3.05) is 19.6 Å². The van der Waals surface area contributed by atoms with Crippen LogP contribution < -0.4 is 11.1 Å². The molecular weight excluding hydrogens is 350 g/mol. The minimum Gasteiger partial charge on any atom is -0.353 e. The van der Waals surface area contributed by atoms with Crippen LogP contribution in [0.4, 0.5) is 0 Å². The zero-order chi connectivity index (χ0) is 17.9. The van der Waals surface area contributed by atoms with Gasteiger partial charge in [-0.3, -0.25) is 9.59 Å². The average Bonchev–Trinajstić information content (AvgIpc) is 3.09. The molecule has 2 fully saturated rings. The Morgan fingerprint density at radius 3 is 2.65 bits per heavy atom. The number of nitrogens with one attached hydrogen (secondary N) is 1. The van der Waals surface area contributed by atoms with Crippen molar-refractivity contribution >= 4 is 24.2 Å². The fraction of sp³-hybridized carbons (Fsp3) is 0.600. The Kier molecular flexibility index (Phi) is 7.07. The Morgan fingerprint density at radius 2 is 1.96 bits per heavy atom. The van der Waals surface area contributed by atoms with E-state index in [0.29, 0.717) is 31.1 Å². The molecule has 2 amide bonds. The maximum Gasteiger partial charge on any atom is 0.253 e. The average molecular weight is 380 g/mol. The van der Waals surface area contributed by atoms with Crippen LogP contribution in [0.3, 0.4) is 0 Å². The predicted octanol–water partition coefficient (Wildman–Crippen LogP) is 2.59. The fourth-order valence-corrected chi connectivity index (χ4v) is 4.21. The third-order valence-corrected chi connectivity index (χ3v) is 5.83. The molecule has 1 aromatic carbocycles. The molecule has 1 saturated heterocycles. The first kappa shape index (κ1) is 20.7. The van der Waals surface area contributed by atoms with Gasteiger partial charge in [-0.05, 0) is 57.2 Å². The van der Waals surface area contributed by atoms with Gasteiger partial charge >= 0.3 is 0 Å². The molecule has 1 aromatic rings. The smallest absolute Gasteiger partial charge is 0.253 e. The number of halogens is 1. The van der Waals surface area contributed by atoms with Crippen LogP contribution in [0.25, 0.3) is 0 Å². The summed E-state index contributed by atoms with van der Waals surface area (Å²) in [7, 11) is 0. The van der Waals surface area contributed by atoms with E-state index in [9.17, 15) is 9.59 Å². The van der Waals surface area contributed by atoms with Crippen molar-refractivity contribution in [3.63, 3.8) is 0 Å². The zero-order valence-corrected chi connectivity index (χ0v) is 16.3. The summed E-state index contributed by atoms with van der Waals surface area (Å²) >= 11 is 0. The Hall–Kier alpha value is -1.59. The van der Waals surface area contributed by atoms with E-state index in [2.05, 4.69) is 5.32 Å². The highest BCUT2D eigenvalue weighted by molar-refractivity contribution is 5.95. The largest absolute Gasteiger partial charge is 0.353 e. The molecule has 0 bridgehead atoms. The van der Waals surface area contributed by atoms with Crippen LogP contribution in [-0.2, 0) is 4.79 Å². The van der Waals surface area contributed by atoms with E-state index in [0.717, 1.165) is 32.1 Å². The topological polar surface area (TPSA) is 75.4 Å². The molecule has 1 aliphatic heterocycles. The van der Waals surface area contributed by atoms with Crippen molar-refractivity contribution in [1.29, 1.82) is 0 Å². The fourth-order valence-electron chi connectivity index (χ4n) is 4.21. The molecule has 0 radical (unpaired) electrons. The molecule has 26 heavy (non-hydrogen) atoms. The number of rotatable bonds is 4. The molecule has 3 N–H and O–H groups in total. The van der Waals surface area contributed by atoms with Crippen LogP contribution >= 0.6 is 12.4 Å². The van der Waals surface area contributed by atoms with E-state index in [4.69, 9.17) is 5.73 Å². The molecule has 1 aliphatic carbocycles. The first-order valence-electron chi connectivity index (χ1n) is 9.39. The summed E-state index contributed by atoms with van der Waals surface area (Å²) in [5.41, 5.74) is 6.00. The van der Waals surface area contributed by atoms with E-state index in [-0.39, 0.29) is 30.3 Å². The predicted molar refractivity (Wildman–Crippen MR) is 105 cm³/mol. The summed E-state index contributed by atoms with van der Waals surface area (Å²) in [6.07, 6.45) is 4.90. The molecule has 0 aromatic heterocycles. The van der Waals surface area contributed by atoms with E-state index in [1.165, 1.54) is 0 Å². The molecule has 1 heterocycles. The van der Waals surface area contributed by atoms with E-state index in [1.807, 2.05) is 42.2 Å². The Morgan fingerprint density at radius 1 is 1.23 bits per heavy atom. The van der Waals surface area contributed by atoms with Crippen molar-refractivity contribution in [3.05, 3.63) is 35.9 Å². The maximum atomic E-state index is 13.0. The van der Waals surface area contributed by atoms with Gasteiger partial charge in [-0.25, -0.2) is 0 Å². The monoisotopic (exact) mass is 379 g/mol. The van der Waals surface area contributed by atoms with Gasteiger partial charge in [0, 0.05) is 24.7 Å². The van der Waals surface area contributed by atoms with Crippen LogP contribution in [0.15, 0.2) is 30.3 Å². The van der Waals surface area contributed by atoms with Crippen molar-refractivity contribution in [3.8, 4) is 0 Å². The first-order valence-corrected chi connectivity index (χ1v) is 9.39. The molecule has 2 aliphatic rings. The second-order valence-corrected chi connectivity index (χ2v) is 7.76. The van der Waals surface area contributed by atoms with Crippen LogP contribution in [0.1, 0.15) is 49.4 Å². The van der Waals surface area contributed by atoms with Gasteiger partial charge in [0.2, 0.25) is 5.91 Å². The number of nitrogens with zero attached hydrogens (tertiary/aromatic N) is 1. The van der Waals surface area contributed by atoms with Crippen LogP contribution in [0.2, 0.25) is 0 Å². The normalized spacial score (nSPS) is 28.3. The summed E-state index contributed by atoms with van der Waals surface area (Å²) < 4.78 is 0. The van der Waals surface area contributed by atoms with Crippen molar-refractivity contribution in [1.82, 2.24) is 10.2 Å². The van der Waals surface area contributed by atoms with E-state index >= 15 is 0 Å². The number of carbonyl (C=O) groups excluding carboxylic acids is 2. The van der Waals surface area contributed by atoms with Gasteiger partial charge in [0.1, 0.15) is 0 Å². The quantitative estimate of drug-likeness (QED) is 0.844. The Bertz CT molecular complexity index is 625. The van der Waals surface area contributed by atoms with Crippen LogP contribution in [-0.4, -0.2) is 42.4 Å². The molecule has 3 atom stereocenters. The first-order chi connectivity index (χ1) is 12.0. The second kappa shape index (κ2) is 8.87. The highest BCUT2D eigenvalue weighted by Gasteiger charge is 2.41. The van der Waals surface area contributed by atoms with Gasteiger partial charge in [0.25, 0.3) is 5.91 Å². The van der Waals surface area contributed by atoms with Crippen molar-refractivity contribution in [2.24, 2.45) is 17.1 Å². The minimum absolute atomic E-state index is 0. The van der Waals surface area contributed by atoms with E-state index < -0.39 is 5.41 Å². The van der Waals surface area contributed by atoms with Crippen molar-refractivity contribution in [2.45, 2.75) is 45.1 Å². The Balaban J connectivity index is 0.00000243. The lowest BCUT2D eigenvalue weighted by Crippen LogP contribution is -2.54. The highest BCUT2D eigenvalue weighted by Crippen LogP contribution is 2.32. The molecule has 3 rings (SSSR count). The molecular formula is C20H30ClN3O2. The number of piperidine rings is 1. The summed E-state index contributed by atoms with van der Waals surface area (Å²) in [6, 6.07) is 9.50. The Labute approximate surface area is 162 Å². The molecule has 144 valence electrons. The second-order valence-electron chi connectivity index (χ2n) is 7.76. The number of hydrogen-bond donors (Lipinski definition) is 2. The van der Waals surface area contributed by atoms with Crippen LogP contribution in [0.5, 0.6) is 0 Å². The molecule has 0 spiro atoms. The number of carbonyl (C=O) groups is 2.